The van der Waals surface area contributed by atoms with Crippen LogP contribution in [0, 0.1) is 10.8 Å². The minimum atomic E-state index is -1.95. The minimum Gasteiger partial charge on any atom is -0.462 e. The van der Waals surface area contributed by atoms with Gasteiger partial charge in [0, 0.05) is 41.5 Å². The van der Waals surface area contributed by atoms with Gasteiger partial charge in [-0.1, -0.05) is 6.08 Å². The van der Waals surface area contributed by atoms with E-state index in [-0.39, 0.29) is 6.61 Å². The van der Waals surface area contributed by atoms with Crippen LogP contribution in [0.2, 0.25) is 0 Å². The number of esters is 7. The minimum absolute atomic E-state index is 0.195. The molecule has 0 aliphatic carbocycles. The monoisotopic (exact) mass is 963 g/mol. The van der Waals surface area contributed by atoms with Crippen LogP contribution in [0.1, 0.15) is 83.1 Å². The van der Waals surface area contributed by atoms with Crippen molar-refractivity contribution in [2.45, 2.75) is 175 Å². The van der Waals surface area contributed by atoms with E-state index >= 15 is 0 Å². The Hall–Kier alpha value is -4.82. The molecule has 0 saturated carbocycles. The smallest absolute Gasteiger partial charge is 0.311 e. The van der Waals surface area contributed by atoms with E-state index in [2.05, 4.69) is 11.9 Å². The lowest BCUT2D eigenvalue weighted by Crippen LogP contribution is -2.70. The molecule has 3 saturated heterocycles. The number of hydrogen-bond donors (Lipinski definition) is 3. The first-order chi connectivity index (χ1) is 31.1. The van der Waals surface area contributed by atoms with Gasteiger partial charge in [0.15, 0.2) is 49.4 Å². The molecule has 67 heavy (non-hydrogen) atoms. The van der Waals surface area contributed by atoms with Crippen LogP contribution in [0.25, 0.3) is 0 Å². The van der Waals surface area contributed by atoms with E-state index < -0.39 is 170 Å². The fourth-order valence-corrected chi connectivity index (χ4v) is 7.01. The van der Waals surface area contributed by atoms with Gasteiger partial charge in [-0.05, 0) is 41.5 Å². The summed E-state index contributed by atoms with van der Waals surface area (Å²) in [7, 11) is 0. The van der Waals surface area contributed by atoms with Crippen molar-refractivity contribution in [2.75, 3.05) is 26.4 Å². The summed E-state index contributed by atoms with van der Waals surface area (Å²) < 4.78 is 76.0. The van der Waals surface area contributed by atoms with Crippen molar-refractivity contribution in [1.82, 2.24) is 5.32 Å². The maximum Gasteiger partial charge on any atom is 0.311 e. The number of carbonyl (C=O) groups excluding carboxylic acids is 8. The van der Waals surface area contributed by atoms with E-state index in [1.54, 1.807) is 41.5 Å². The van der Waals surface area contributed by atoms with Crippen LogP contribution in [-0.2, 0) is 99.9 Å². The lowest BCUT2D eigenvalue weighted by Gasteiger charge is -2.50. The van der Waals surface area contributed by atoms with E-state index in [4.69, 9.17) is 61.6 Å². The number of ether oxygens (including phenoxy) is 13. The van der Waals surface area contributed by atoms with E-state index in [9.17, 15) is 48.6 Å². The summed E-state index contributed by atoms with van der Waals surface area (Å²) in [5.74, 6) is -6.84. The fourth-order valence-electron chi connectivity index (χ4n) is 7.01. The van der Waals surface area contributed by atoms with E-state index in [1.807, 2.05) is 0 Å². The average Bonchev–Trinajstić information content (AvgIpc) is 3.19. The van der Waals surface area contributed by atoms with Gasteiger partial charge in [0.1, 0.15) is 55.9 Å². The van der Waals surface area contributed by atoms with Crippen LogP contribution in [0.5, 0.6) is 0 Å². The van der Waals surface area contributed by atoms with Gasteiger partial charge in [-0.15, -0.1) is 6.58 Å². The lowest BCUT2D eigenvalue weighted by atomic mass is 9.94. The Morgan fingerprint density at radius 2 is 0.940 bits per heavy atom. The largest absolute Gasteiger partial charge is 0.462 e. The fraction of sp³-hybridized carbons (Fsp3) is 0.767. The standard InChI is InChI=1S/C43H65NO23/c1-14-15-55-38-35(61-23(6)50)34(31(59-21(4)48)26(64-38)17-56-40(53)42(8,9)10)67-37-28(44-19(2)46)32(29(52)25(16-45)63-37)66-39-36(62-24(7)51)33(60-22(5)49)30(58-20(3)47)27(65-39)18-57-41(54)43(11,12)13/h14,25-39,45,52H,1,15-18H2,2-13H3,(H,44,46)/t25-,26-,27-,28-,29-,30+,31+,32-,33+,34+,35-,36-,37+,38-,39+/m1/s1. The second-order valence-electron chi connectivity index (χ2n) is 17.9. The highest BCUT2D eigenvalue weighted by atomic mass is 16.8. The first kappa shape index (κ1) is 56.5. The number of hydrogen-bond acceptors (Lipinski definition) is 23. The first-order valence-electron chi connectivity index (χ1n) is 21.4. The summed E-state index contributed by atoms with van der Waals surface area (Å²) >= 11 is 0. The number of aliphatic hydroxyl groups is 2. The highest BCUT2D eigenvalue weighted by Crippen LogP contribution is 2.37. The van der Waals surface area contributed by atoms with Gasteiger partial charge in [-0.3, -0.25) is 38.4 Å². The first-order valence-corrected chi connectivity index (χ1v) is 21.4. The Balaban J connectivity index is 2.25. The molecule has 0 bridgehead atoms. The molecule has 0 unspecified atom stereocenters. The van der Waals surface area contributed by atoms with Crippen LogP contribution in [0.4, 0.5) is 0 Å². The Kier molecular flexibility index (Phi) is 20.6. The molecule has 15 atom stereocenters. The third-order valence-corrected chi connectivity index (χ3v) is 9.86. The zero-order chi connectivity index (χ0) is 50.7. The van der Waals surface area contributed by atoms with Crippen molar-refractivity contribution in [3.8, 4) is 0 Å². The predicted octanol–water partition coefficient (Wildman–Crippen LogP) is -0.171. The van der Waals surface area contributed by atoms with E-state index in [1.165, 1.54) is 6.08 Å². The third kappa shape index (κ3) is 16.2. The Morgan fingerprint density at radius 1 is 0.552 bits per heavy atom. The van der Waals surface area contributed by atoms with Crippen molar-refractivity contribution in [3.05, 3.63) is 12.7 Å². The Bertz CT molecular complexity index is 1770. The highest BCUT2D eigenvalue weighted by molar-refractivity contribution is 5.76. The molecule has 0 aromatic rings. The molecule has 3 fully saturated rings. The van der Waals surface area contributed by atoms with Crippen molar-refractivity contribution < 1.29 is 110 Å². The van der Waals surface area contributed by atoms with Crippen LogP contribution in [0.3, 0.4) is 0 Å². The second-order valence-corrected chi connectivity index (χ2v) is 17.9. The van der Waals surface area contributed by atoms with Crippen LogP contribution >= 0.6 is 0 Å². The molecule has 3 rings (SSSR count). The predicted molar refractivity (Wildman–Crippen MR) is 221 cm³/mol. The maximum atomic E-state index is 13.0. The molecule has 0 spiro atoms. The summed E-state index contributed by atoms with van der Waals surface area (Å²) in [5, 5.41) is 25.0. The molecule has 0 aromatic carbocycles. The topological polar surface area (TPSA) is 309 Å². The SMILES string of the molecule is C=CCO[C@@H]1O[C@H](COC(=O)C(C)(C)C)[C@H](OC(C)=O)[C@H](O[C@@H]2O[C@H](CO)[C@@H](O)[C@H](O[C@@H]3O[C@H](COC(=O)C(C)(C)C)[C@H](OC(C)=O)[C@H](OC(C)=O)[C@H]3OC(C)=O)[C@H]2NC(C)=O)[C@H]1OC(C)=O. The Morgan fingerprint density at radius 3 is 1.36 bits per heavy atom. The highest BCUT2D eigenvalue weighted by Gasteiger charge is 2.59. The molecular formula is C43H65NO23. The number of amides is 1. The van der Waals surface area contributed by atoms with Gasteiger partial charge in [0.2, 0.25) is 5.91 Å². The summed E-state index contributed by atoms with van der Waals surface area (Å²) in [4.78, 5) is 102. The van der Waals surface area contributed by atoms with Gasteiger partial charge in [-0.25, -0.2) is 0 Å². The van der Waals surface area contributed by atoms with Crippen LogP contribution in [-0.4, -0.2) is 176 Å². The molecule has 3 aliphatic rings. The summed E-state index contributed by atoms with van der Waals surface area (Å²) in [5.41, 5.74) is -2.03. The normalized spacial score (nSPS) is 32.1. The summed E-state index contributed by atoms with van der Waals surface area (Å²) in [6.07, 6.45) is -22.5. The van der Waals surface area contributed by atoms with Crippen molar-refractivity contribution in [1.29, 1.82) is 0 Å². The molecule has 3 aliphatic heterocycles. The third-order valence-electron chi connectivity index (χ3n) is 9.86. The van der Waals surface area contributed by atoms with Gasteiger partial charge in [0.25, 0.3) is 0 Å². The van der Waals surface area contributed by atoms with E-state index in [0.717, 1.165) is 41.5 Å². The zero-order valence-electron chi connectivity index (χ0n) is 39.7. The number of rotatable bonds is 18. The number of aliphatic hydroxyl groups excluding tert-OH is 2. The van der Waals surface area contributed by atoms with Crippen molar-refractivity contribution in [2.24, 2.45) is 10.8 Å². The molecule has 0 aromatic heterocycles. The van der Waals surface area contributed by atoms with Crippen LogP contribution in [0.15, 0.2) is 12.7 Å². The van der Waals surface area contributed by atoms with Gasteiger partial charge >= 0.3 is 41.8 Å². The number of carbonyl (C=O) groups is 8. The average molecular weight is 964 g/mol. The summed E-state index contributed by atoms with van der Waals surface area (Å²) in [6.45, 7) is 16.9. The Labute approximate surface area is 387 Å². The van der Waals surface area contributed by atoms with Gasteiger partial charge in [-0.2, -0.15) is 0 Å². The van der Waals surface area contributed by atoms with Crippen molar-refractivity contribution in [3.63, 3.8) is 0 Å². The molecular weight excluding hydrogens is 898 g/mol. The van der Waals surface area contributed by atoms with Crippen LogP contribution < -0.4 is 5.32 Å². The molecule has 380 valence electrons. The maximum absolute atomic E-state index is 13.0. The molecule has 3 N–H and O–H groups in total. The molecule has 0 radical (unpaired) electrons. The quantitative estimate of drug-likeness (QED) is 0.0912. The molecule has 3 heterocycles. The number of nitrogens with one attached hydrogen (secondary N) is 1. The molecule has 1 amide bonds. The lowest BCUT2D eigenvalue weighted by molar-refractivity contribution is -0.366. The van der Waals surface area contributed by atoms with E-state index in [0.29, 0.717) is 0 Å². The molecule has 24 nitrogen and oxygen atoms in total. The molecule has 24 heteroatoms. The summed E-state index contributed by atoms with van der Waals surface area (Å²) in [6, 6.07) is -1.70. The van der Waals surface area contributed by atoms with Crippen molar-refractivity contribution >= 4 is 47.7 Å². The van der Waals surface area contributed by atoms with Gasteiger partial charge < -0.3 is 77.1 Å². The van der Waals surface area contributed by atoms with Gasteiger partial charge in [0.05, 0.1) is 24.0 Å². The zero-order valence-corrected chi connectivity index (χ0v) is 39.7. The second kappa shape index (κ2) is 24.5.